The fourth-order valence-corrected chi connectivity index (χ4v) is 3.64. The van der Waals surface area contributed by atoms with Gasteiger partial charge in [0.15, 0.2) is 10.8 Å². The van der Waals surface area contributed by atoms with Crippen molar-refractivity contribution in [3.05, 3.63) is 41.2 Å². The molecule has 0 aliphatic heterocycles. The van der Waals surface area contributed by atoms with Crippen molar-refractivity contribution >= 4 is 44.2 Å². The molecule has 132 valence electrons. The van der Waals surface area contributed by atoms with Crippen molar-refractivity contribution in [3.8, 4) is 0 Å². The van der Waals surface area contributed by atoms with Crippen molar-refractivity contribution in [2.24, 2.45) is 0 Å². The number of hydrogen-bond acceptors (Lipinski definition) is 5. The summed E-state index contributed by atoms with van der Waals surface area (Å²) in [6, 6.07) is 7.30. The molecule has 0 fully saturated rings. The van der Waals surface area contributed by atoms with Gasteiger partial charge in [0.25, 0.3) is 5.91 Å². The molecule has 8 heteroatoms. The third-order valence-corrected chi connectivity index (χ3v) is 5.05. The molecule has 0 bridgehead atoms. The molecule has 3 aromatic rings. The lowest BCUT2D eigenvalue weighted by atomic mass is 10.3. The molecule has 0 aliphatic rings. The molecular weight excluding hydrogens is 358 g/mol. The van der Waals surface area contributed by atoms with Crippen LogP contribution in [0, 0.1) is 0 Å². The van der Waals surface area contributed by atoms with Crippen LogP contribution in [0.4, 0.5) is 5.13 Å². The van der Waals surface area contributed by atoms with Crippen LogP contribution in [-0.4, -0.2) is 52.8 Å². The van der Waals surface area contributed by atoms with E-state index in [0.717, 1.165) is 23.3 Å². The third-order valence-electron chi connectivity index (χ3n) is 3.77. The van der Waals surface area contributed by atoms with Crippen molar-refractivity contribution in [3.63, 3.8) is 0 Å². The molecule has 2 heterocycles. The standard InChI is InChI=1S/C17H20ClN5OS/c1-4-22-8-7-14(20-22)16(24)23(10-9-21(2)3)17-19-13-6-5-12(18)11-15(13)25-17/h5-8,11H,4,9-10H2,1-3H3. The first-order chi connectivity index (χ1) is 12.0. The fourth-order valence-electron chi connectivity index (χ4n) is 2.38. The molecule has 2 aromatic heterocycles. The summed E-state index contributed by atoms with van der Waals surface area (Å²) in [5.74, 6) is -0.140. The van der Waals surface area contributed by atoms with Gasteiger partial charge in [0.05, 0.1) is 10.2 Å². The van der Waals surface area contributed by atoms with Gasteiger partial charge in [-0.3, -0.25) is 14.4 Å². The Morgan fingerprint density at radius 2 is 2.08 bits per heavy atom. The van der Waals surface area contributed by atoms with E-state index in [1.54, 1.807) is 15.6 Å². The van der Waals surface area contributed by atoms with Crippen LogP contribution in [0.1, 0.15) is 17.4 Å². The van der Waals surface area contributed by atoms with E-state index in [1.807, 2.05) is 50.3 Å². The number of nitrogens with zero attached hydrogens (tertiary/aromatic N) is 5. The average molecular weight is 378 g/mol. The van der Waals surface area contributed by atoms with Crippen molar-refractivity contribution in [1.82, 2.24) is 19.7 Å². The number of carbonyl (C=O) groups is 1. The van der Waals surface area contributed by atoms with E-state index < -0.39 is 0 Å². The first-order valence-electron chi connectivity index (χ1n) is 8.04. The molecule has 25 heavy (non-hydrogen) atoms. The van der Waals surface area contributed by atoms with Gasteiger partial charge in [-0.15, -0.1) is 0 Å². The zero-order chi connectivity index (χ0) is 18.0. The Bertz CT molecular complexity index is 888. The van der Waals surface area contributed by atoms with E-state index in [1.165, 1.54) is 11.3 Å². The number of anilines is 1. The van der Waals surface area contributed by atoms with E-state index in [0.29, 0.717) is 22.4 Å². The van der Waals surface area contributed by atoms with Crippen LogP contribution in [0.25, 0.3) is 10.2 Å². The second-order valence-electron chi connectivity index (χ2n) is 5.93. The van der Waals surface area contributed by atoms with Crippen LogP contribution in [0.5, 0.6) is 0 Å². The second kappa shape index (κ2) is 7.51. The first-order valence-corrected chi connectivity index (χ1v) is 9.23. The molecule has 0 spiro atoms. The Hall–Kier alpha value is -1.96. The minimum Gasteiger partial charge on any atom is -0.308 e. The summed E-state index contributed by atoms with van der Waals surface area (Å²) in [5.41, 5.74) is 1.27. The molecule has 0 saturated carbocycles. The number of aryl methyl sites for hydroxylation is 1. The molecule has 1 amide bonds. The van der Waals surface area contributed by atoms with Crippen LogP contribution in [0.15, 0.2) is 30.5 Å². The number of thiazole rings is 1. The minimum absolute atomic E-state index is 0.140. The van der Waals surface area contributed by atoms with Gasteiger partial charge in [0, 0.05) is 30.9 Å². The number of hydrogen-bond donors (Lipinski definition) is 0. The number of amides is 1. The highest BCUT2D eigenvalue weighted by molar-refractivity contribution is 7.22. The van der Waals surface area contributed by atoms with E-state index in [9.17, 15) is 4.79 Å². The third kappa shape index (κ3) is 4.00. The molecule has 0 aliphatic carbocycles. The Morgan fingerprint density at radius 3 is 2.76 bits per heavy atom. The van der Waals surface area contributed by atoms with Crippen LogP contribution < -0.4 is 4.90 Å². The normalized spacial score (nSPS) is 11.4. The quantitative estimate of drug-likeness (QED) is 0.660. The molecule has 0 unspecified atom stereocenters. The highest BCUT2D eigenvalue weighted by Gasteiger charge is 2.23. The largest absolute Gasteiger partial charge is 0.308 e. The van der Waals surface area contributed by atoms with Gasteiger partial charge in [-0.1, -0.05) is 22.9 Å². The van der Waals surface area contributed by atoms with Gasteiger partial charge >= 0.3 is 0 Å². The number of halogens is 1. The molecule has 1 aromatic carbocycles. The maximum absolute atomic E-state index is 13.0. The van der Waals surface area contributed by atoms with Crippen molar-refractivity contribution in [2.75, 3.05) is 32.1 Å². The number of carbonyl (C=O) groups excluding carboxylic acids is 1. The maximum atomic E-state index is 13.0. The topological polar surface area (TPSA) is 54.3 Å². The number of rotatable bonds is 6. The monoisotopic (exact) mass is 377 g/mol. The Balaban J connectivity index is 1.95. The number of fused-ring (bicyclic) bond motifs is 1. The highest BCUT2D eigenvalue weighted by Crippen LogP contribution is 2.31. The lowest BCUT2D eigenvalue weighted by Gasteiger charge is -2.21. The molecule has 0 saturated heterocycles. The van der Waals surface area contributed by atoms with Crippen molar-refractivity contribution in [1.29, 1.82) is 0 Å². The van der Waals surface area contributed by atoms with Crippen LogP contribution in [-0.2, 0) is 6.54 Å². The molecule has 6 nitrogen and oxygen atoms in total. The predicted molar refractivity (Wildman–Crippen MR) is 103 cm³/mol. The minimum atomic E-state index is -0.140. The Labute approximate surface area is 155 Å². The zero-order valence-electron chi connectivity index (χ0n) is 14.4. The summed E-state index contributed by atoms with van der Waals surface area (Å²) in [6.45, 7) is 3.99. The summed E-state index contributed by atoms with van der Waals surface area (Å²) in [5, 5.41) is 5.66. The van der Waals surface area contributed by atoms with Gasteiger partial charge in [-0.25, -0.2) is 4.98 Å². The van der Waals surface area contributed by atoms with Gasteiger partial charge in [-0.2, -0.15) is 5.10 Å². The highest BCUT2D eigenvalue weighted by atomic mass is 35.5. The fraction of sp³-hybridized carbons (Fsp3) is 0.353. The molecule has 0 radical (unpaired) electrons. The molecular formula is C17H20ClN5OS. The maximum Gasteiger partial charge on any atom is 0.280 e. The van der Waals surface area contributed by atoms with Gasteiger partial charge in [0.1, 0.15) is 0 Å². The summed E-state index contributed by atoms with van der Waals surface area (Å²) in [7, 11) is 3.96. The van der Waals surface area contributed by atoms with Crippen molar-refractivity contribution in [2.45, 2.75) is 13.5 Å². The van der Waals surface area contributed by atoms with E-state index in [4.69, 9.17) is 11.6 Å². The number of benzene rings is 1. The Kier molecular flexibility index (Phi) is 5.36. The lowest BCUT2D eigenvalue weighted by molar-refractivity contribution is 0.0979. The Morgan fingerprint density at radius 1 is 1.28 bits per heavy atom. The predicted octanol–water partition coefficient (Wildman–Crippen LogP) is 3.37. The van der Waals surface area contributed by atoms with E-state index in [2.05, 4.69) is 10.1 Å². The lowest BCUT2D eigenvalue weighted by Crippen LogP contribution is -2.37. The smallest absolute Gasteiger partial charge is 0.280 e. The summed E-state index contributed by atoms with van der Waals surface area (Å²) < 4.78 is 2.71. The summed E-state index contributed by atoms with van der Waals surface area (Å²) >= 11 is 7.53. The van der Waals surface area contributed by atoms with Crippen LogP contribution >= 0.6 is 22.9 Å². The van der Waals surface area contributed by atoms with E-state index in [-0.39, 0.29) is 5.91 Å². The first kappa shape index (κ1) is 17.8. The SMILES string of the molecule is CCn1ccc(C(=O)N(CCN(C)C)c2nc3ccc(Cl)cc3s2)n1. The van der Waals surface area contributed by atoms with Gasteiger partial charge < -0.3 is 4.90 Å². The second-order valence-corrected chi connectivity index (χ2v) is 7.37. The molecule has 0 atom stereocenters. The summed E-state index contributed by atoms with van der Waals surface area (Å²) in [4.78, 5) is 21.4. The zero-order valence-corrected chi connectivity index (χ0v) is 16.0. The van der Waals surface area contributed by atoms with Crippen LogP contribution in [0.2, 0.25) is 5.02 Å². The van der Waals surface area contributed by atoms with Crippen molar-refractivity contribution < 1.29 is 4.79 Å². The van der Waals surface area contributed by atoms with E-state index >= 15 is 0 Å². The number of likely N-dealkylation sites (N-methyl/N-ethyl adjacent to an activating group) is 1. The molecule has 0 N–H and O–H groups in total. The van der Waals surface area contributed by atoms with Gasteiger partial charge in [0.2, 0.25) is 0 Å². The number of aromatic nitrogens is 3. The van der Waals surface area contributed by atoms with Crippen LogP contribution in [0.3, 0.4) is 0 Å². The average Bonchev–Trinajstić information content (AvgIpc) is 3.20. The van der Waals surface area contributed by atoms with Gasteiger partial charge in [-0.05, 0) is 45.3 Å². The summed E-state index contributed by atoms with van der Waals surface area (Å²) in [6.07, 6.45) is 1.81. The molecule has 3 rings (SSSR count).